The molecule has 5 heteroatoms. The quantitative estimate of drug-likeness (QED) is 0.684. The summed E-state index contributed by atoms with van der Waals surface area (Å²) in [5.74, 6) is -0.975. The molecule has 0 unspecified atom stereocenters. The number of carbonyl (C=O) groups is 1. The van der Waals surface area contributed by atoms with E-state index in [9.17, 15) is 4.79 Å². The molecule has 0 fully saturated rings. The van der Waals surface area contributed by atoms with Gasteiger partial charge in [-0.3, -0.25) is 4.79 Å². The van der Waals surface area contributed by atoms with Crippen LogP contribution in [0.1, 0.15) is 0 Å². The summed E-state index contributed by atoms with van der Waals surface area (Å²) in [6.07, 6.45) is 0. The van der Waals surface area contributed by atoms with Gasteiger partial charge in [0.05, 0.1) is 17.1 Å². The summed E-state index contributed by atoms with van der Waals surface area (Å²) in [6.45, 7) is 0. The van der Waals surface area contributed by atoms with Gasteiger partial charge in [-0.2, -0.15) is 0 Å². The highest BCUT2D eigenvalue weighted by Crippen LogP contribution is 2.36. The van der Waals surface area contributed by atoms with Crippen LogP contribution in [0.15, 0.2) is 71.8 Å². The smallest absolute Gasteiger partial charge is 0.313 e. The summed E-state index contributed by atoms with van der Waals surface area (Å²) in [6, 6.07) is 21.5. The Morgan fingerprint density at radius 3 is 2.17 bits per heavy atom. The molecule has 0 aliphatic heterocycles. The minimum atomic E-state index is -0.896. The highest BCUT2D eigenvalue weighted by Gasteiger charge is 2.14. The van der Waals surface area contributed by atoms with E-state index < -0.39 is 5.97 Å². The zero-order valence-corrected chi connectivity index (χ0v) is 13.7. The molecule has 24 heavy (non-hydrogen) atoms. The number of carboxylic acids is 1. The molecule has 0 saturated carbocycles. The normalized spacial score (nSPS) is 10.5. The number of nitrogens with two attached hydrogens (primary N) is 1. The lowest BCUT2D eigenvalue weighted by molar-refractivity contribution is -0.133. The molecular weight excluding hydrogens is 320 g/mol. The average Bonchev–Trinajstić information content (AvgIpc) is 2.62. The van der Waals surface area contributed by atoms with Crippen LogP contribution in [-0.2, 0) is 4.79 Å². The standard InChI is InChI=1S/C19H16N2O2S/c20-18-15(13-7-3-1-4-8-13)11-16(14-9-5-2-6-10-14)21-19(18)24-12-17(22)23/h1-11H,12,20H2,(H,22,23). The van der Waals surface area contributed by atoms with Crippen LogP contribution in [-0.4, -0.2) is 21.8 Å². The van der Waals surface area contributed by atoms with E-state index in [0.717, 1.165) is 34.1 Å². The third-order valence-corrected chi connectivity index (χ3v) is 4.49. The Labute approximate surface area is 144 Å². The Balaban J connectivity index is 2.13. The maximum Gasteiger partial charge on any atom is 0.313 e. The third-order valence-electron chi connectivity index (χ3n) is 3.51. The van der Waals surface area contributed by atoms with Crippen molar-refractivity contribution in [3.05, 3.63) is 66.7 Å². The zero-order chi connectivity index (χ0) is 16.9. The van der Waals surface area contributed by atoms with E-state index in [1.807, 2.05) is 66.7 Å². The lowest BCUT2D eigenvalue weighted by Gasteiger charge is -2.13. The number of hydrogen-bond acceptors (Lipinski definition) is 4. The van der Waals surface area contributed by atoms with E-state index in [1.165, 1.54) is 0 Å². The Kier molecular flexibility index (Phi) is 4.82. The molecule has 1 heterocycles. The first-order chi connectivity index (χ1) is 11.6. The molecule has 4 nitrogen and oxygen atoms in total. The molecule has 120 valence electrons. The van der Waals surface area contributed by atoms with Crippen LogP contribution in [0.25, 0.3) is 22.4 Å². The van der Waals surface area contributed by atoms with Gasteiger partial charge in [-0.25, -0.2) is 4.98 Å². The Morgan fingerprint density at radius 1 is 1.00 bits per heavy atom. The van der Waals surface area contributed by atoms with E-state index in [0.29, 0.717) is 10.7 Å². The monoisotopic (exact) mass is 336 g/mol. The molecule has 0 aliphatic carbocycles. The SMILES string of the molecule is Nc1c(-c2ccccc2)cc(-c2ccccc2)nc1SCC(=O)O. The Bertz CT molecular complexity index is 852. The number of nitrogens with zero attached hydrogens (tertiary/aromatic N) is 1. The lowest BCUT2D eigenvalue weighted by Crippen LogP contribution is -2.02. The van der Waals surface area contributed by atoms with Crippen LogP contribution in [0.5, 0.6) is 0 Å². The number of aromatic nitrogens is 1. The second kappa shape index (κ2) is 7.19. The van der Waals surface area contributed by atoms with Crippen LogP contribution in [0.2, 0.25) is 0 Å². The maximum absolute atomic E-state index is 10.9. The van der Waals surface area contributed by atoms with Gasteiger partial charge in [-0.1, -0.05) is 72.4 Å². The molecule has 0 saturated heterocycles. The molecule has 0 atom stereocenters. The number of pyridine rings is 1. The van der Waals surface area contributed by atoms with E-state index in [1.54, 1.807) is 0 Å². The summed E-state index contributed by atoms with van der Waals surface area (Å²) < 4.78 is 0. The molecule has 3 rings (SSSR count). The summed E-state index contributed by atoms with van der Waals surface area (Å²) in [7, 11) is 0. The highest BCUT2D eigenvalue weighted by atomic mass is 32.2. The van der Waals surface area contributed by atoms with Crippen molar-refractivity contribution in [1.82, 2.24) is 4.98 Å². The summed E-state index contributed by atoms with van der Waals surface area (Å²) in [5.41, 5.74) is 10.4. The molecular formula is C19H16N2O2S. The molecule has 0 spiro atoms. The predicted octanol–water partition coefficient (Wildman–Crippen LogP) is 4.17. The van der Waals surface area contributed by atoms with Crippen molar-refractivity contribution in [2.45, 2.75) is 5.03 Å². The first-order valence-electron chi connectivity index (χ1n) is 7.41. The van der Waals surface area contributed by atoms with Crippen molar-refractivity contribution >= 4 is 23.4 Å². The number of carboxylic acid groups (broad SMARTS) is 1. The number of thioether (sulfide) groups is 1. The molecule has 3 aromatic rings. The van der Waals surface area contributed by atoms with Crippen molar-refractivity contribution in [2.75, 3.05) is 11.5 Å². The van der Waals surface area contributed by atoms with Crippen molar-refractivity contribution in [2.24, 2.45) is 0 Å². The minimum Gasteiger partial charge on any atom is -0.481 e. The summed E-state index contributed by atoms with van der Waals surface area (Å²) in [5, 5.41) is 9.49. The molecule has 0 aliphatic rings. The number of nitrogen functional groups attached to an aromatic ring is 1. The van der Waals surface area contributed by atoms with Crippen molar-refractivity contribution in [3.8, 4) is 22.4 Å². The van der Waals surface area contributed by atoms with E-state index in [4.69, 9.17) is 10.8 Å². The van der Waals surface area contributed by atoms with Crippen LogP contribution >= 0.6 is 11.8 Å². The number of anilines is 1. The van der Waals surface area contributed by atoms with Gasteiger partial charge in [0, 0.05) is 11.1 Å². The van der Waals surface area contributed by atoms with Crippen LogP contribution in [0.4, 0.5) is 5.69 Å². The molecule has 0 bridgehead atoms. The molecule has 0 radical (unpaired) electrons. The van der Waals surface area contributed by atoms with Gasteiger partial charge in [-0.15, -0.1) is 0 Å². The van der Waals surface area contributed by atoms with E-state index in [-0.39, 0.29) is 5.75 Å². The van der Waals surface area contributed by atoms with Gasteiger partial charge >= 0.3 is 5.97 Å². The number of hydrogen-bond donors (Lipinski definition) is 2. The fraction of sp³-hybridized carbons (Fsp3) is 0.0526. The molecule has 0 amide bonds. The van der Waals surface area contributed by atoms with E-state index in [2.05, 4.69) is 4.98 Å². The second-order valence-corrected chi connectivity index (χ2v) is 6.15. The molecule has 1 aromatic heterocycles. The van der Waals surface area contributed by atoms with Gasteiger partial charge in [0.15, 0.2) is 0 Å². The first-order valence-corrected chi connectivity index (χ1v) is 8.39. The summed E-state index contributed by atoms with van der Waals surface area (Å²) >= 11 is 1.14. The number of benzene rings is 2. The first kappa shape index (κ1) is 16.1. The average molecular weight is 336 g/mol. The number of rotatable bonds is 5. The molecule has 2 aromatic carbocycles. The van der Waals surface area contributed by atoms with Crippen LogP contribution < -0.4 is 5.73 Å². The zero-order valence-electron chi connectivity index (χ0n) is 12.8. The van der Waals surface area contributed by atoms with Gasteiger partial charge in [0.25, 0.3) is 0 Å². The maximum atomic E-state index is 10.9. The van der Waals surface area contributed by atoms with Crippen molar-refractivity contribution in [3.63, 3.8) is 0 Å². The topological polar surface area (TPSA) is 76.2 Å². The minimum absolute atomic E-state index is 0.0797. The lowest BCUT2D eigenvalue weighted by atomic mass is 10.0. The van der Waals surface area contributed by atoms with Crippen molar-refractivity contribution in [1.29, 1.82) is 0 Å². The largest absolute Gasteiger partial charge is 0.481 e. The van der Waals surface area contributed by atoms with Gasteiger partial charge in [-0.05, 0) is 11.6 Å². The van der Waals surface area contributed by atoms with Crippen LogP contribution in [0, 0.1) is 0 Å². The Morgan fingerprint density at radius 2 is 1.58 bits per heavy atom. The van der Waals surface area contributed by atoms with Crippen LogP contribution in [0.3, 0.4) is 0 Å². The highest BCUT2D eigenvalue weighted by molar-refractivity contribution is 8.00. The predicted molar refractivity (Wildman–Crippen MR) is 97.9 cm³/mol. The van der Waals surface area contributed by atoms with Gasteiger partial charge < -0.3 is 10.8 Å². The van der Waals surface area contributed by atoms with Crippen molar-refractivity contribution < 1.29 is 9.90 Å². The third kappa shape index (κ3) is 3.58. The number of aliphatic carboxylic acids is 1. The molecule has 3 N–H and O–H groups in total. The van der Waals surface area contributed by atoms with Gasteiger partial charge in [0.1, 0.15) is 5.03 Å². The summed E-state index contributed by atoms with van der Waals surface area (Å²) in [4.78, 5) is 15.5. The van der Waals surface area contributed by atoms with E-state index >= 15 is 0 Å². The fourth-order valence-corrected chi connectivity index (χ4v) is 3.07. The Hall–Kier alpha value is -2.79. The van der Waals surface area contributed by atoms with Gasteiger partial charge in [0.2, 0.25) is 0 Å². The fourth-order valence-electron chi connectivity index (χ4n) is 2.39. The second-order valence-electron chi connectivity index (χ2n) is 5.19.